The van der Waals surface area contributed by atoms with Gasteiger partial charge in [0.25, 0.3) is 0 Å². The van der Waals surface area contributed by atoms with Gasteiger partial charge in [-0.3, -0.25) is 9.80 Å². The van der Waals surface area contributed by atoms with Crippen molar-refractivity contribution in [1.29, 1.82) is 0 Å². The van der Waals surface area contributed by atoms with Crippen LogP contribution in [-0.2, 0) is 39.3 Å². The Kier molecular flexibility index (Phi) is 3.69. The van der Waals surface area contributed by atoms with Gasteiger partial charge in [0, 0.05) is 26.2 Å². The van der Waals surface area contributed by atoms with Gasteiger partial charge in [-0.2, -0.15) is 0 Å². The summed E-state index contributed by atoms with van der Waals surface area (Å²) in [5.41, 5.74) is 5.79. The molecule has 0 bridgehead atoms. The van der Waals surface area contributed by atoms with Crippen molar-refractivity contribution in [2.45, 2.75) is 39.3 Å². The zero-order valence-electron chi connectivity index (χ0n) is 14.3. The fraction of sp³-hybridized carbons (Fsp3) is 0.273. The largest absolute Gasteiger partial charge is 0.463 e. The predicted molar refractivity (Wildman–Crippen MR) is 97.5 cm³/mol. The lowest BCUT2D eigenvalue weighted by atomic mass is 10.1. The quantitative estimate of drug-likeness (QED) is 0.711. The van der Waals surface area contributed by atoms with E-state index in [-0.39, 0.29) is 0 Å². The van der Waals surface area contributed by atoms with Crippen LogP contribution in [0.4, 0.5) is 0 Å². The number of furan rings is 1. The van der Waals surface area contributed by atoms with Crippen LogP contribution in [0.5, 0.6) is 0 Å². The molecule has 3 aromatic rings. The van der Waals surface area contributed by atoms with Crippen LogP contribution in [0.25, 0.3) is 0 Å². The third-order valence-electron chi connectivity index (χ3n) is 5.29. The molecule has 1 aromatic heterocycles. The third-order valence-corrected chi connectivity index (χ3v) is 5.29. The summed E-state index contributed by atoms with van der Waals surface area (Å²) in [6.45, 7) is 5.85. The second-order valence-electron chi connectivity index (χ2n) is 7.20. The molecule has 0 radical (unpaired) electrons. The van der Waals surface area contributed by atoms with Crippen LogP contribution in [0, 0.1) is 0 Å². The predicted octanol–water partition coefficient (Wildman–Crippen LogP) is 4.31. The van der Waals surface area contributed by atoms with Gasteiger partial charge in [0.1, 0.15) is 11.5 Å². The Morgan fingerprint density at radius 1 is 0.560 bits per heavy atom. The first-order chi connectivity index (χ1) is 12.3. The summed E-state index contributed by atoms with van der Waals surface area (Å²) in [5, 5.41) is 0. The van der Waals surface area contributed by atoms with Crippen LogP contribution in [0.15, 0.2) is 65.1 Å². The second-order valence-corrected chi connectivity index (χ2v) is 7.20. The van der Waals surface area contributed by atoms with E-state index in [0.29, 0.717) is 0 Å². The Morgan fingerprint density at radius 2 is 0.920 bits per heavy atom. The van der Waals surface area contributed by atoms with Crippen molar-refractivity contribution >= 4 is 0 Å². The number of fused-ring (bicyclic) bond motifs is 2. The standard InChI is InChI=1S/C22H22N2O/c1-2-6-18-12-23(11-17(18)5-1)15-21-9-10-22(25-21)16-24-13-19-7-3-4-8-20(19)14-24/h1-10H,11-16H2. The number of hydrogen-bond acceptors (Lipinski definition) is 3. The van der Waals surface area contributed by atoms with Gasteiger partial charge >= 0.3 is 0 Å². The summed E-state index contributed by atoms with van der Waals surface area (Å²) in [4.78, 5) is 4.89. The zero-order chi connectivity index (χ0) is 16.6. The highest BCUT2D eigenvalue weighted by atomic mass is 16.3. The van der Waals surface area contributed by atoms with Crippen LogP contribution in [0.2, 0.25) is 0 Å². The lowest BCUT2D eigenvalue weighted by Gasteiger charge is -2.14. The molecular weight excluding hydrogens is 308 g/mol. The maximum Gasteiger partial charge on any atom is 0.118 e. The van der Waals surface area contributed by atoms with E-state index in [1.54, 1.807) is 0 Å². The third kappa shape index (κ3) is 3.01. The van der Waals surface area contributed by atoms with Crippen LogP contribution in [-0.4, -0.2) is 9.80 Å². The molecule has 2 aromatic carbocycles. The molecule has 0 spiro atoms. The van der Waals surface area contributed by atoms with Gasteiger partial charge in [-0.1, -0.05) is 48.5 Å². The van der Waals surface area contributed by atoms with E-state index in [1.165, 1.54) is 22.3 Å². The molecule has 0 amide bonds. The smallest absolute Gasteiger partial charge is 0.118 e. The highest BCUT2D eigenvalue weighted by molar-refractivity contribution is 5.31. The Hall–Kier alpha value is -2.36. The Balaban J connectivity index is 1.21. The van der Waals surface area contributed by atoms with E-state index in [1.807, 2.05) is 0 Å². The molecule has 2 aliphatic heterocycles. The molecule has 3 nitrogen and oxygen atoms in total. The zero-order valence-corrected chi connectivity index (χ0v) is 14.3. The van der Waals surface area contributed by atoms with Crippen LogP contribution in [0.3, 0.4) is 0 Å². The van der Waals surface area contributed by atoms with Gasteiger partial charge in [-0.25, -0.2) is 0 Å². The average molecular weight is 330 g/mol. The molecule has 0 N–H and O–H groups in total. The van der Waals surface area contributed by atoms with E-state index in [9.17, 15) is 0 Å². The monoisotopic (exact) mass is 330 g/mol. The molecule has 3 heterocycles. The fourth-order valence-corrected chi connectivity index (χ4v) is 4.06. The fourth-order valence-electron chi connectivity index (χ4n) is 4.06. The SMILES string of the molecule is c1ccc2c(c1)CN(Cc1ccc(CN3Cc4ccccc4C3)o1)C2. The topological polar surface area (TPSA) is 19.6 Å². The van der Waals surface area contributed by atoms with Gasteiger partial charge in [-0.15, -0.1) is 0 Å². The second kappa shape index (κ2) is 6.17. The van der Waals surface area contributed by atoms with Gasteiger partial charge < -0.3 is 4.42 Å². The van der Waals surface area contributed by atoms with E-state index in [0.717, 1.165) is 50.8 Å². The minimum atomic E-state index is 0.884. The maximum atomic E-state index is 6.12. The van der Waals surface area contributed by atoms with Gasteiger partial charge in [0.05, 0.1) is 13.1 Å². The van der Waals surface area contributed by atoms with Crippen molar-refractivity contribution in [2.75, 3.05) is 0 Å². The Morgan fingerprint density at radius 3 is 1.28 bits per heavy atom. The molecule has 0 saturated carbocycles. The minimum Gasteiger partial charge on any atom is -0.463 e. The van der Waals surface area contributed by atoms with Gasteiger partial charge in [0.2, 0.25) is 0 Å². The van der Waals surface area contributed by atoms with Crippen LogP contribution in [0.1, 0.15) is 33.8 Å². The van der Waals surface area contributed by atoms with E-state index in [4.69, 9.17) is 4.42 Å². The Labute approximate surface area is 148 Å². The van der Waals surface area contributed by atoms with E-state index < -0.39 is 0 Å². The van der Waals surface area contributed by atoms with E-state index in [2.05, 4.69) is 70.5 Å². The highest BCUT2D eigenvalue weighted by Gasteiger charge is 2.21. The molecule has 5 rings (SSSR count). The number of hydrogen-bond donors (Lipinski definition) is 0. The Bertz CT molecular complexity index is 776. The van der Waals surface area contributed by atoms with Gasteiger partial charge in [0.15, 0.2) is 0 Å². The molecule has 2 aliphatic rings. The first kappa shape index (κ1) is 14.9. The first-order valence-electron chi connectivity index (χ1n) is 8.99. The minimum absolute atomic E-state index is 0.884. The molecule has 0 aliphatic carbocycles. The van der Waals surface area contributed by atoms with Gasteiger partial charge in [-0.05, 0) is 34.4 Å². The highest BCUT2D eigenvalue weighted by Crippen LogP contribution is 2.26. The molecule has 0 saturated heterocycles. The molecule has 3 heteroatoms. The molecule has 0 unspecified atom stereocenters. The molecular formula is C22H22N2O. The molecule has 126 valence electrons. The normalized spacial score (nSPS) is 17.0. The summed E-state index contributed by atoms with van der Waals surface area (Å²) in [6.07, 6.45) is 0. The molecule has 0 atom stereocenters. The number of rotatable bonds is 4. The summed E-state index contributed by atoms with van der Waals surface area (Å²) < 4.78 is 6.12. The summed E-state index contributed by atoms with van der Waals surface area (Å²) >= 11 is 0. The van der Waals surface area contributed by atoms with E-state index >= 15 is 0 Å². The van der Waals surface area contributed by atoms with Crippen molar-refractivity contribution in [3.8, 4) is 0 Å². The summed E-state index contributed by atoms with van der Waals surface area (Å²) in [5.74, 6) is 2.14. The summed E-state index contributed by atoms with van der Waals surface area (Å²) in [7, 11) is 0. The average Bonchev–Trinajstić information content (AvgIpc) is 3.32. The van der Waals surface area contributed by atoms with Crippen molar-refractivity contribution in [3.63, 3.8) is 0 Å². The van der Waals surface area contributed by atoms with Crippen molar-refractivity contribution < 1.29 is 4.42 Å². The van der Waals surface area contributed by atoms with Crippen molar-refractivity contribution in [3.05, 3.63) is 94.4 Å². The lowest BCUT2D eigenvalue weighted by molar-refractivity contribution is 0.226. The maximum absolute atomic E-state index is 6.12. The van der Waals surface area contributed by atoms with Crippen molar-refractivity contribution in [1.82, 2.24) is 9.80 Å². The van der Waals surface area contributed by atoms with Crippen LogP contribution >= 0.6 is 0 Å². The number of benzene rings is 2. The number of nitrogens with zero attached hydrogens (tertiary/aromatic N) is 2. The lowest BCUT2D eigenvalue weighted by Crippen LogP contribution is -2.16. The molecule has 25 heavy (non-hydrogen) atoms. The van der Waals surface area contributed by atoms with Crippen molar-refractivity contribution in [2.24, 2.45) is 0 Å². The first-order valence-corrected chi connectivity index (χ1v) is 8.99. The summed E-state index contributed by atoms with van der Waals surface area (Å²) in [6, 6.07) is 21.7. The molecule has 0 fully saturated rings. The van der Waals surface area contributed by atoms with Crippen LogP contribution < -0.4 is 0 Å².